The minimum atomic E-state index is 0.300. The number of hydrogen-bond donors (Lipinski definition) is 0. The van der Waals surface area contributed by atoms with Crippen molar-refractivity contribution in [3.8, 4) is 0 Å². The van der Waals surface area contributed by atoms with E-state index in [0.29, 0.717) is 22.5 Å². The van der Waals surface area contributed by atoms with E-state index in [1.807, 2.05) is 0 Å². The average Bonchev–Trinajstić information content (AvgIpc) is 1.50. The van der Waals surface area contributed by atoms with E-state index in [4.69, 9.17) is 3.08 Å². The summed E-state index contributed by atoms with van der Waals surface area (Å²) in [5.41, 5.74) is 0. The van der Waals surface area contributed by atoms with Crippen LogP contribution in [0, 0.1) is 0 Å². The molecule has 0 rings (SSSR count). The minimum absolute atomic E-state index is 0.300. The van der Waals surface area contributed by atoms with Crippen LogP contribution in [0.2, 0.25) is 0 Å². The monoisotopic (exact) mass is 164 g/mol. The van der Waals surface area contributed by atoms with E-state index in [2.05, 4.69) is 13.2 Å². The standard InChI is InChI=1S/C2H4.O.Sn/c1-2;;/h1-2H2;;. The molecule has 0 aliphatic heterocycles. The molecule has 0 aromatic rings. The predicted molar refractivity (Wildman–Crippen MR) is 17.7 cm³/mol. The van der Waals surface area contributed by atoms with Crippen LogP contribution in [-0.2, 0) is 3.08 Å². The topological polar surface area (TPSA) is 17.1 Å². The van der Waals surface area contributed by atoms with Crippen molar-refractivity contribution < 1.29 is 3.08 Å². The predicted octanol–water partition coefficient (Wildman–Crippen LogP) is 0.303. The molecule has 0 atom stereocenters. The van der Waals surface area contributed by atoms with E-state index in [-0.39, 0.29) is 0 Å². The molecule has 0 bridgehead atoms. The molecule has 4 heavy (non-hydrogen) atoms. The Morgan fingerprint density at radius 3 is 1.25 bits per heavy atom. The van der Waals surface area contributed by atoms with Crippen molar-refractivity contribution in [3.05, 3.63) is 13.2 Å². The van der Waals surface area contributed by atoms with Gasteiger partial charge in [-0.15, -0.1) is 13.2 Å². The van der Waals surface area contributed by atoms with Crippen LogP contribution in [0.15, 0.2) is 13.2 Å². The maximum absolute atomic E-state index is 8.34. The van der Waals surface area contributed by atoms with Crippen LogP contribution < -0.4 is 0 Å². The van der Waals surface area contributed by atoms with Gasteiger partial charge in [0.1, 0.15) is 0 Å². The molecule has 1 nitrogen and oxygen atoms in total. The molecular formula is C2H4OSn. The molecule has 0 aliphatic rings. The summed E-state index contributed by atoms with van der Waals surface area (Å²) in [5.74, 6) is 0. The van der Waals surface area contributed by atoms with Crippen LogP contribution in [0.5, 0.6) is 0 Å². The van der Waals surface area contributed by atoms with Gasteiger partial charge in [0.2, 0.25) is 0 Å². The van der Waals surface area contributed by atoms with E-state index < -0.39 is 0 Å². The SMILES string of the molecule is C=C.[O]=[Sn]. The molecule has 0 saturated carbocycles. The first-order valence-corrected chi connectivity index (χ1v) is 1.87. The second-order valence-electron chi connectivity index (χ2n) is 0. The molecule has 22 valence electrons. The van der Waals surface area contributed by atoms with Crippen LogP contribution in [0.3, 0.4) is 0 Å². The Morgan fingerprint density at radius 2 is 1.25 bits per heavy atom. The molecule has 2 heteroatoms. The van der Waals surface area contributed by atoms with E-state index >= 15 is 0 Å². The molecule has 0 aromatic heterocycles. The van der Waals surface area contributed by atoms with Gasteiger partial charge in [0.25, 0.3) is 0 Å². The molecule has 0 aliphatic carbocycles. The van der Waals surface area contributed by atoms with E-state index in [0.717, 1.165) is 0 Å². The van der Waals surface area contributed by atoms with Gasteiger partial charge < -0.3 is 0 Å². The van der Waals surface area contributed by atoms with Crippen molar-refractivity contribution in [2.75, 3.05) is 0 Å². The van der Waals surface area contributed by atoms with Crippen LogP contribution in [-0.4, -0.2) is 22.5 Å². The van der Waals surface area contributed by atoms with Crippen molar-refractivity contribution in [2.24, 2.45) is 0 Å². The van der Waals surface area contributed by atoms with Gasteiger partial charge in [-0.3, -0.25) is 0 Å². The van der Waals surface area contributed by atoms with E-state index in [1.165, 1.54) is 0 Å². The van der Waals surface area contributed by atoms with Gasteiger partial charge in [-0.2, -0.15) is 0 Å². The number of hydrogen-bond acceptors (Lipinski definition) is 1. The Morgan fingerprint density at radius 1 is 1.25 bits per heavy atom. The van der Waals surface area contributed by atoms with Crippen LogP contribution in [0.25, 0.3) is 0 Å². The molecule has 0 N–H and O–H groups in total. The molecule has 0 aromatic carbocycles. The van der Waals surface area contributed by atoms with Gasteiger partial charge in [-0.25, -0.2) is 0 Å². The fraction of sp³-hybridized carbons (Fsp3) is 0. The first-order valence-electron chi connectivity index (χ1n) is 0.704. The van der Waals surface area contributed by atoms with Crippen molar-refractivity contribution in [1.29, 1.82) is 0 Å². The van der Waals surface area contributed by atoms with Gasteiger partial charge in [-0.05, 0) is 0 Å². The summed E-state index contributed by atoms with van der Waals surface area (Å²) in [6.45, 7) is 6.00. The summed E-state index contributed by atoms with van der Waals surface area (Å²) in [7, 11) is 0. The zero-order valence-electron chi connectivity index (χ0n) is 2.32. The molecule has 0 saturated heterocycles. The molecule has 0 fully saturated rings. The quantitative estimate of drug-likeness (QED) is 0.370. The van der Waals surface area contributed by atoms with Gasteiger partial charge in [0.15, 0.2) is 0 Å². The molecule has 2 radical (unpaired) electrons. The van der Waals surface area contributed by atoms with E-state index in [9.17, 15) is 0 Å². The Hall–Kier alpha value is 0.339. The maximum atomic E-state index is 8.34. The first-order chi connectivity index (χ1) is 2.00. The average molecular weight is 163 g/mol. The first kappa shape index (κ1) is 8.84. The van der Waals surface area contributed by atoms with Crippen molar-refractivity contribution in [3.63, 3.8) is 0 Å². The normalized spacial score (nSPS) is 2.00. The number of rotatable bonds is 0. The summed E-state index contributed by atoms with van der Waals surface area (Å²) in [5, 5.41) is 0. The van der Waals surface area contributed by atoms with E-state index in [1.54, 1.807) is 0 Å². The summed E-state index contributed by atoms with van der Waals surface area (Å²) < 4.78 is 8.34. The Balaban J connectivity index is 0. The fourth-order valence-corrected chi connectivity index (χ4v) is 0. The Labute approximate surface area is 39.2 Å². The van der Waals surface area contributed by atoms with Gasteiger partial charge in [-0.1, -0.05) is 0 Å². The molecule has 0 unspecified atom stereocenters. The second-order valence-corrected chi connectivity index (χ2v) is 0. The molecule has 0 spiro atoms. The Bertz CT molecular complexity index is 8.00. The molecule has 0 amide bonds. The second kappa shape index (κ2) is 159. The van der Waals surface area contributed by atoms with Crippen molar-refractivity contribution in [2.45, 2.75) is 0 Å². The zero-order valence-corrected chi connectivity index (χ0v) is 5.18. The summed E-state index contributed by atoms with van der Waals surface area (Å²) >= 11 is 0.300. The van der Waals surface area contributed by atoms with Crippen LogP contribution >= 0.6 is 0 Å². The third-order valence-corrected chi connectivity index (χ3v) is 0. The van der Waals surface area contributed by atoms with Gasteiger partial charge in [0.05, 0.1) is 0 Å². The van der Waals surface area contributed by atoms with Crippen molar-refractivity contribution in [1.82, 2.24) is 0 Å². The van der Waals surface area contributed by atoms with Gasteiger partial charge >= 0.3 is 25.6 Å². The van der Waals surface area contributed by atoms with Crippen LogP contribution in [0.4, 0.5) is 0 Å². The van der Waals surface area contributed by atoms with Gasteiger partial charge in [0, 0.05) is 0 Å². The third-order valence-electron chi connectivity index (χ3n) is 0. The molecular weight excluding hydrogens is 159 g/mol. The van der Waals surface area contributed by atoms with Crippen LogP contribution in [0.1, 0.15) is 0 Å². The zero-order chi connectivity index (χ0) is 4.00. The van der Waals surface area contributed by atoms with Crippen molar-refractivity contribution >= 4 is 22.5 Å². The molecule has 0 heterocycles. The fourth-order valence-electron chi connectivity index (χ4n) is 0. The summed E-state index contributed by atoms with van der Waals surface area (Å²) in [6.07, 6.45) is 0. The summed E-state index contributed by atoms with van der Waals surface area (Å²) in [4.78, 5) is 0. The third kappa shape index (κ3) is 36.5. The summed E-state index contributed by atoms with van der Waals surface area (Å²) in [6, 6.07) is 0. The Kier molecular flexibility index (Phi) is 352.